The summed E-state index contributed by atoms with van der Waals surface area (Å²) in [6.45, 7) is 4.17. The summed E-state index contributed by atoms with van der Waals surface area (Å²) in [5.74, 6) is 0.152. The number of likely N-dealkylation sites (N-methyl/N-ethyl adjacent to an activating group) is 1. The van der Waals surface area contributed by atoms with E-state index in [4.69, 9.17) is 0 Å². The molecule has 0 saturated heterocycles. The van der Waals surface area contributed by atoms with Gasteiger partial charge >= 0.3 is 0 Å². The summed E-state index contributed by atoms with van der Waals surface area (Å²) in [6.07, 6.45) is 4.27. The van der Waals surface area contributed by atoms with Crippen molar-refractivity contribution in [1.82, 2.24) is 10.6 Å². The zero-order valence-corrected chi connectivity index (χ0v) is 8.81. The fourth-order valence-corrected chi connectivity index (χ4v) is 2.21. The standard InChI is InChI=1S/C10H20N2O/c1-8(2)12-10(9(13)11-3)6-4-5-7-10/h8,12H,4-7H2,1-3H3,(H,11,13). The van der Waals surface area contributed by atoms with Crippen molar-refractivity contribution in [3.05, 3.63) is 0 Å². The van der Waals surface area contributed by atoms with Crippen molar-refractivity contribution in [2.24, 2.45) is 0 Å². The van der Waals surface area contributed by atoms with Crippen molar-refractivity contribution in [2.45, 2.75) is 51.1 Å². The molecule has 1 rings (SSSR count). The Morgan fingerprint density at radius 1 is 1.31 bits per heavy atom. The Labute approximate surface area is 80.3 Å². The molecule has 2 N–H and O–H groups in total. The molecular weight excluding hydrogens is 164 g/mol. The van der Waals surface area contributed by atoms with E-state index in [0.29, 0.717) is 6.04 Å². The normalized spacial score (nSPS) is 20.6. The number of carbonyl (C=O) groups excluding carboxylic acids is 1. The van der Waals surface area contributed by atoms with Gasteiger partial charge in [-0.1, -0.05) is 12.8 Å². The van der Waals surface area contributed by atoms with Crippen LogP contribution in [0.5, 0.6) is 0 Å². The highest BCUT2D eigenvalue weighted by molar-refractivity contribution is 5.86. The molecule has 1 aliphatic rings. The van der Waals surface area contributed by atoms with Gasteiger partial charge in [0.25, 0.3) is 0 Å². The SMILES string of the molecule is CNC(=O)C1(NC(C)C)CCCC1. The summed E-state index contributed by atoms with van der Waals surface area (Å²) in [4.78, 5) is 11.7. The Kier molecular flexibility index (Phi) is 3.31. The molecule has 0 spiro atoms. The Balaban J connectivity index is 2.68. The molecule has 0 atom stereocenters. The van der Waals surface area contributed by atoms with E-state index in [-0.39, 0.29) is 11.4 Å². The molecule has 0 aromatic heterocycles. The molecule has 1 fully saturated rings. The van der Waals surface area contributed by atoms with Crippen molar-refractivity contribution in [3.63, 3.8) is 0 Å². The second-order valence-electron chi connectivity index (χ2n) is 4.17. The monoisotopic (exact) mass is 184 g/mol. The van der Waals surface area contributed by atoms with Gasteiger partial charge in [-0.15, -0.1) is 0 Å². The van der Waals surface area contributed by atoms with Crippen LogP contribution in [0.4, 0.5) is 0 Å². The van der Waals surface area contributed by atoms with Crippen LogP contribution in [0.15, 0.2) is 0 Å². The molecule has 0 aromatic carbocycles. The molecule has 13 heavy (non-hydrogen) atoms. The third-order valence-corrected chi connectivity index (χ3v) is 2.68. The third-order valence-electron chi connectivity index (χ3n) is 2.68. The average molecular weight is 184 g/mol. The Hall–Kier alpha value is -0.570. The molecule has 1 amide bonds. The van der Waals surface area contributed by atoms with Gasteiger partial charge in [-0.05, 0) is 26.7 Å². The zero-order valence-electron chi connectivity index (χ0n) is 8.81. The minimum Gasteiger partial charge on any atom is -0.358 e. The van der Waals surface area contributed by atoms with Crippen LogP contribution in [0, 0.1) is 0 Å². The Bertz CT molecular complexity index is 183. The van der Waals surface area contributed by atoms with Gasteiger partial charge in [-0.2, -0.15) is 0 Å². The van der Waals surface area contributed by atoms with Crippen molar-refractivity contribution >= 4 is 5.91 Å². The van der Waals surface area contributed by atoms with Gasteiger partial charge in [0.05, 0.1) is 5.54 Å². The first-order valence-electron chi connectivity index (χ1n) is 5.10. The molecule has 0 radical (unpaired) electrons. The topological polar surface area (TPSA) is 41.1 Å². The lowest BCUT2D eigenvalue weighted by Crippen LogP contribution is -2.56. The van der Waals surface area contributed by atoms with Crippen LogP contribution < -0.4 is 10.6 Å². The summed E-state index contributed by atoms with van der Waals surface area (Å²) in [6, 6.07) is 0.371. The van der Waals surface area contributed by atoms with Gasteiger partial charge in [0.15, 0.2) is 0 Å². The first kappa shape index (κ1) is 10.5. The van der Waals surface area contributed by atoms with E-state index in [1.54, 1.807) is 7.05 Å². The largest absolute Gasteiger partial charge is 0.358 e. The van der Waals surface area contributed by atoms with Crippen LogP contribution in [-0.4, -0.2) is 24.5 Å². The maximum atomic E-state index is 11.7. The molecule has 0 unspecified atom stereocenters. The number of nitrogens with one attached hydrogen (secondary N) is 2. The van der Waals surface area contributed by atoms with Gasteiger partial charge in [0.1, 0.15) is 0 Å². The third kappa shape index (κ3) is 2.21. The number of carbonyl (C=O) groups is 1. The minimum atomic E-state index is -0.275. The summed E-state index contributed by atoms with van der Waals surface area (Å²) in [5, 5.41) is 6.15. The Morgan fingerprint density at radius 3 is 2.23 bits per heavy atom. The van der Waals surface area contributed by atoms with Crippen molar-refractivity contribution in [1.29, 1.82) is 0 Å². The average Bonchev–Trinajstić information content (AvgIpc) is 2.51. The molecule has 1 saturated carbocycles. The van der Waals surface area contributed by atoms with Crippen LogP contribution in [-0.2, 0) is 4.79 Å². The van der Waals surface area contributed by atoms with Gasteiger partial charge in [-0.3, -0.25) is 4.79 Å². The van der Waals surface area contributed by atoms with Crippen LogP contribution in [0.25, 0.3) is 0 Å². The van der Waals surface area contributed by atoms with Crippen LogP contribution in [0.2, 0.25) is 0 Å². The highest BCUT2D eigenvalue weighted by Crippen LogP contribution is 2.30. The van der Waals surface area contributed by atoms with Crippen molar-refractivity contribution in [2.75, 3.05) is 7.05 Å². The van der Waals surface area contributed by atoms with E-state index in [2.05, 4.69) is 24.5 Å². The first-order valence-corrected chi connectivity index (χ1v) is 5.10. The molecule has 3 heteroatoms. The van der Waals surface area contributed by atoms with E-state index >= 15 is 0 Å². The molecule has 0 aliphatic heterocycles. The van der Waals surface area contributed by atoms with E-state index in [9.17, 15) is 4.79 Å². The predicted molar refractivity (Wildman–Crippen MR) is 53.5 cm³/mol. The van der Waals surface area contributed by atoms with Gasteiger partial charge in [0, 0.05) is 13.1 Å². The van der Waals surface area contributed by atoms with E-state index < -0.39 is 0 Å². The summed E-state index contributed by atoms with van der Waals surface area (Å²) >= 11 is 0. The lowest BCUT2D eigenvalue weighted by Gasteiger charge is -2.30. The van der Waals surface area contributed by atoms with Crippen molar-refractivity contribution in [3.8, 4) is 0 Å². The van der Waals surface area contributed by atoms with Gasteiger partial charge < -0.3 is 10.6 Å². The lowest BCUT2D eigenvalue weighted by molar-refractivity contribution is -0.127. The van der Waals surface area contributed by atoms with E-state index in [1.165, 1.54) is 0 Å². The fraction of sp³-hybridized carbons (Fsp3) is 0.900. The number of hydrogen-bond acceptors (Lipinski definition) is 2. The molecule has 0 heterocycles. The maximum absolute atomic E-state index is 11.7. The van der Waals surface area contributed by atoms with Gasteiger partial charge in [-0.25, -0.2) is 0 Å². The quantitative estimate of drug-likeness (QED) is 0.688. The number of hydrogen-bond donors (Lipinski definition) is 2. The van der Waals surface area contributed by atoms with Crippen LogP contribution in [0.1, 0.15) is 39.5 Å². The smallest absolute Gasteiger partial charge is 0.240 e. The highest BCUT2D eigenvalue weighted by Gasteiger charge is 2.40. The number of amides is 1. The molecule has 0 bridgehead atoms. The van der Waals surface area contributed by atoms with Crippen LogP contribution in [0.3, 0.4) is 0 Å². The molecule has 3 nitrogen and oxygen atoms in total. The second-order valence-corrected chi connectivity index (χ2v) is 4.17. The molecule has 76 valence electrons. The lowest BCUT2D eigenvalue weighted by atomic mass is 9.95. The number of rotatable bonds is 3. The van der Waals surface area contributed by atoms with E-state index in [1.807, 2.05) is 0 Å². The van der Waals surface area contributed by atoms with Gasteiger partial charge in [0.2, 0.25) is 5.91 Å². The maximum Gasteiger partial charge on any atom is 0.240 e. The predicted octanol–water partition coefficient (Wildman–Crippen LogP) is 1.04. The van der Waals surface area contributed by atoms with Crippen LogP contribution >= 0.6 is 0 Å². The van der Waals surface area contributed by atoms with Crippen molar-refractivity contribution < 1.29 is 4.79 Å². The first-order chi connectivity index (χ1) is 6.10. The fourth-order valence-electron chi connectivity index (χ4n) is 2.21. The summed E-state index contributed by atoms with van der Waals surface area (Å²) < 4.78 is 0. The highest BCUT2D eigenvalue weighted by atomic mass is 16.2. The van der Waals surface area contributed by atoms with E-state index in [0.717, 1.165) is 25.7 Å². The summed E-state index contributed by atoms with van der Waals surface area (Å²) in [5.41, 5.74) is -0.275. The molecular formula is C10H20N2O. The Morgan fingerprint density at radius 2 is 1.85 bits per heavy atom. The molecule has 1 aliphatic carbocycles. The minimum absolute atomic E-state index is 0.152. The summed E-state index contributed by atoms with van der Waals surface area (Å²) in [7, 11) is 1.71. The second kappa shape index (κ2) is 4.09. The zero-order chi connectivity index (χ0) is 9.90. The molecule has 0 aromatic rings.